The Morgan fingerprint density at radius 2 is 1.88 bits per heavy atom. The minimum Gasteiger partial charge on any atom is -0.382 e. The number of rotatable bonds is 5. The van der Waals surface area contributed by atoms with Crippen molar-refractivity contribution in [3.8, 4) is 0 Å². The monoisotopic (exact) mass is 452 g/mol. The molecule has 2 aromatic heterocycles. The summed E-state index contributed by atoms with van der Waals surface area (Å²) in [6.45, 7) is 5.98. The van der Waals surface area contributed by atoms with E-state index < -0.39 is 11.7 Å². The van der Waals surface area contributed by atoms with E-state index >= 15 is 0 Å². The zero-order chi connectivity index (χ0) is 22.9. The molecule has 4 aromatic rings. The maximum atomic E-state index is 13.0. The van der Waals surface area contributed by atoms with Gasteiger partial charge in [0.1, 0.15) is 12.1 Å². The zero-order valence-corrected chi connectivity index (χ0v) is 17.9. The Bertz CT molecular complexity index is 1340. The van der Waals surface area contributed by atoms with Crippen LogP contribution in [-0.4, -0.2) is 9.97 Å². The highest BCUT2D eigenvalue weighted by Crippen LogP contribution is 2.32. The molecule has 0 aliphatic heterocycles. The molecule has 3 N–H and O–H groups in total. The van der Waals surface area contributed by atoms with Crippen molar-refractivity contribution in [3.05, 3.63) is 88.6 Å². The number of nitrogen functional groups attached to an aromatic ring is 1. The number of benzene rings is 2. The van der Waals surface area contributed by atoms with Crippen LogP contribution in [0.25, 0.3) is 28.1 Å². The lowest BCUT2D eigenvalue weighted by molar-refractivity contribution is -0.137. The Hall–Kier alpha value is -3.65. The predicted molar refractivity (Wildman–Crippen MR) is 126 cm³/mol. The van der Waals surface area contributed by atoms with Crippen LogP contribution in [0.15, 0.2) is 60.8 Å². The highest BCUT2D eigenvalue weighted by Gasteiger charge is 2.30. The molecule has 4 nitrogen and oxygen atoms in total. The van der Waals surface area contributed by atoms with E-state index in [1.807, 2.05) is 42.7 Å². The van der Waals surface area contributed by atoms with Crippen molar-refractivity contribution in [2.75, 3.05) is 11.1 Å². The van der Waals surface area contributed by atoms with E-state index in [0.29, 0.717) is 17.2 Å². The van der Waals surface area contributed by atoms with E-state index in [0.717, 1.165) is 44.6 Å². The molecule has 0 unspecified atom stereocenters. The van der Waals surface area contributed by atoms with Crippen molar-refractivity contribution in [1.82, 2.24) is 9.97 Å². The van der Waals surface area contributed by atoms with Gasteiger partial charge in [-0.3, -0.25) is 0 Å². The Morgan fingerprint density at radius 3 is 2.66 bits per heavy atom. The molecule has 4 rings (SSSR count). The van der Waals surface area contributed by atoms with Gasteiger partial charge >= 0.3 is 6.18 Å². The number of halogens is 3. The lowest BCUT2D eigenvalue weighted by atomic mass is 10.0. The van der Waals surface area contributed by atoms with Gasteiger partial charge in [-0.15, -0.1) is 11.3 Å². The Morgan fingerprint density at radius 1 is 1.09 bits per heavy atom. The molecule has 0 saturated heterocycles. The molecule has 0 aliphatic carbocycles. The van der Waals surface area contributed by atoms with Gasteiger partial charge in [0.05, 0.1) is 15.8 Å². The van der Waals surface area contributed by atoms with Crippen LogP contribution in [0.2, 0.25) is 0 Å². The fourth-order valence-electron chi connectivity index (χ4n) is 3.21. The topological polar surface area (TPSA) is 63.8 Å². The van der Waals surface area contributed by atoms with E-state index in [4.69, 9.17) is 5.73 Å². The summed E-state index contributed by atoms with van der Waals surface area (Å²) in [5.74, 6) is 0.454. The van der Waals surface area contributed by atoms with Crippen LogP contribution in [0.4, 0.5) is 24.7 Å². The molecule has 0 spiro atoms. The average molecular weight is 453 g/mol. The summed E-state index contributed by atoms with van der Waals surface area (Å²) in [4.78, 5) is 8.33. The van der Waals surface area contributed by atoms with E-state index in [2.05, 4.69) is 21.9 Å². The average Bonchev–Trinajstić information content (AvgIpc) is 3.17. The number of nitrogens with one attached hydrogen (secondary N) is 1. The van der Waals surface area contributed by atoms with E-state index in [1.54, 1.807) is 6.07 Å². The first-order valence-corrected chi connectivity index (χ1v) is 10.5. The van der Waals surface area contributed by atoms with Crippen LogP contribution >= 0.6 is 11.3 Å². The van der Waals surface area contributed by atoms with Gasteiger partial charge < -0.3 is 11.1 Å². The molecule has 0 bridgehead atoms. The first-order valence-electron chi connectivity index (χ1n) is 9.62. The molecule has 0 saturated carbocycles. The van der Waals surface area contributed by atoms with Crippen molar-refractivity contribution >= 4 is 50.9 Å². The minimum absolute atomic E-state index is 0.324. The molecule has 0 atom stereocenters. The standard InChI is InChI=1S/C24H19F3N4S/c1-14-6-7-17(15(2)31-20-5-3-4-19(11-20)24(25,26)27)10-16(14)8-9-18-12-32-22-21(18)29-13-30-23(22)28/h3-13,31H,2H2,1H3,(H2,28,29,30)/b9-8+. The van der Waals surface area contributed by atoms with Crippen molar-refractivity contribution in [3.63, 3.8) is 0 Å². The van der Waals surface area contributed by atoms with Crippen molar-refractivity contribution in [2.45, 2.75) is 13.1 Å². The van der Waals surface area contributed by atoms with Gasteiger partial charge in [0.2, 0.25) is 0 Å². The number of fused-ring (bicyclic) bond motifs is 1. The minimum atomic E-state index is -4.40. The number of nitrogens with two attached hydrogens (primary N) is 1. The SMILES string of the molecule is C=C(Nc1cccc(C(F)(F)F)c1)c1ccc(C)c(/C=C/c2csc3c(N)ncnc23)c1. The number of thiophene rings is 1. The second-order valence-corrected chi connectivity index (χ2v) is 8.09. The van der Waals surface area contributed by atoms with Crippen LogP contribution in [0.1, 0.15) is 27.8 Å². The summed E-state index contributed by atoms with van der Waals surface area (Å²) in [6.07, 6.45) is 0.968. The maximum absolute atomic E-state index is 13.0. The number of anilines is 2. The fourth-order valence-corrected chi connectivity index (χ4v) is 4.10. The highest BCUT2D eigenvalue weighted by atomic mass is 32.1. The highest BCUT2D eigenvalue weighted by molar-refractivity contribution is 7.18. The van der Waals surface area contributed by atoms with Crippen molar-refractivity contribution in [2.24, 2.45) is 0 Å². The lowest BCUT2D eigenvalue weighted by Gasteiger charge is -2.13. The number of aryl methyl sites for hydroxylation is 1. The van der Waals surface area contributed by atoms with Crippen molar-refractivity contribution < 1.29 is 13.2 Å². The number of hydrogen-bond donors (Lipinski definition) is 2. The van der Waals surface area contributed by atoms with E-state index in [-0.39, 0.29) is 0 Å². The molecule has 32 heavy (non-hydrogen) atoms. The molecule has 0 aliphatic rings. The number of nitrogens with zero attached hydrogens (tertiary/aromatic N) is 2. The van der Waals surface area contributed by atoms with Gasteiger partial charge in [-0.2, -0.15) is 13.2 Å². The normalized spacial score (nSPS) is 11.9. The molecule has 2 aromatic carbocycles. The number of alkyl halides is 3. The molecule has 162 valence electrons. The van der Waals surface area contributed by atoms with Gasteiger partial charge in [-0.05, 0) is 47.9 Å². The smallest absolute Gasteiger partial charge is 0.382 e. The second kappa shape index (κ2) is 8.47. The van der Waals surface area contributed by atoms with Gasteiger partial charge in [0.25, 0.3) is 0 Å². The van der Waals surface area contributed by atoms with Crippen LogP contribution in [0.5, 0.6) is 0 Å². The van der Waals surface area contributed by atoms with E-state index in [1.165, 1.54) is 23.7 Å². The largest absolute Gasteiger partial charge is 0.416 e. The summed E-state index contributed by atoms with van der Waals surface area (Å²) in [6, 6.07) is 10.8. The van der Waals surface area contributed by atoms with Gasteiger partial charge in [0, 0.05) is 22.3 Å². The number of aromatic nitrogens is 2. The zero-order valence-electron chi connectivity index (χ0n) is 17.1. The molecular formula is C24H19F3N4S. The van der Waals surface area contributed by atoms with Gasteiger partial charge in [-0.25, -0.2) is 9.97 Å². The summed E-state index contributed by atoms with van der Waals surface area (Å²) < 4.78 is 39.8. The quantitative estimate of drug-likeness (QED) is 0.347. The van der Waals surface area contributed by atoms with Crippen molar-refractivity contribution in [1.29, 1.82) is 0 Å². The van der Waals surface area contributed by atoms with Crippen LogP contribution in [0.3, 0.4) is 0 Å². The Balaban J connectivity index is 1.58. The third-order valence-corrected chi connectivity index (χ3v) is 5.97. The summed E-state index contributed by atoms with van der Waals surface area (Å²) in [5, 5.41) is 4.94. The summed E-state index contributed by atoms with van der Waals surface area (Å²) in [7, 11) is 0. The molecule has 8 heteroatoms. The van der Waals surface area contributed by atoms with Gasteiger partial charge in [0.15, 0.2) is 0 Å². The molecule has 0 fully saturated rings. The molecular weight excluding hydrogens is 433 g/mol. The third-order valence-electron chi connectivity index (χ3n) is 4.96. The van der Waals surface area contributed by atoms with E-state index in [9.17, 15) is 13.2 Å². The summed E-state index contributed by atoms with van der Waals surface area (Å²) in [5.41, 5.74) is 10.5. The molecule has 0 amide bonds. The fraction of sp³-hybridized carbons (Fsp3) is 0.0833. The molecule has 0 radical (unpaired) electrons. The second-order valence-electron chi connectivity index (χ2n) is 7.21. The predicted octanol–water partition coefficient (Wildman–Crippen LogP) is 6.85. The first-order chi connectivity index (χ1) is 15.2. The molecule has 2 heterocycles. The first kappa shape index (κ1) is 21.6. The Labute approximate surface area is 187 Å². The van der Waals surface area contributed by atoms with Gasteiger partial charge in [-0.1, -0.05) is 36.9 Å². The lowest BCUT2D eigenvalue weighted by Crippen LogP contribution is -2.06. The summed E-state index contributed by atoms with van der Waals surface area (Å²) >= 11 is 1.49. The van der Waals surface area contributed by atoms with Crippen LogP contribution in [0, 0.1) is 6.92 Å². The van der Waals surface area contributed by atoms with Crippen LogP contribution < -0.4 is 11.1 Å². The maximum Gasteiger partial charge on any atom is 0.416 e. The van der Waals surface area contributed by atoms with Crippen LogP contribution in [-0.2, 0) is 6.18 Å². The third kappa shape index (κ3) is 4.50. The Kier molecular flexibility index (Phi) is 5.71. The number of hydrogen-bond acceptors (Lipinski definition) is 5.